The van der Waals surface area contributed by atoms with Crippen LogP contribution in [0.5, 0.6) is 0 Å². The van der Waals surface area contributed by atoms with Crippen LogP contribution >= 0.6 is 11.3 Å². The summed E-state index contributed by atoms with van der Waals surface area (Å²) < 4.78 is 0.761. The first kappa shape index (κ1) is 16.9. The molecule has 3 N–H and O–H groups in total. The first-order valence-corrected chi connectivity index (χ1v) is 9.60. The Bertz CT molecular complexity index is 1170. The molecule has 1 atom stereocenters. The molecule has 0 fully saturated rings. The quantitative estimate of drug-likeness (QED) is 0.563. The molecule has 3 aromatic heterocycles. The number of aromatic amines is 1. The van der Waals surface area contributed by atoms with E-state index >= 15 is 0 Å². The fraction of sp³-hybridized carbons (Fsp3) is 0.238. The highest BCUT2D eigenvalue weighted by Crippen LogP contribution is 2.36. The number of hydrogen-bond acceptors (Lipinski definition) is 4. The van der Waals surface area contributed by atoms with E-state index in [0.717, 1.165) is 43.5 Å². The van der Waals surface area contributed by atoms with E-state index in [1.54, 1.807) is 0 Å². The largest absolute Gasteiger partial charge is 0.330 e. The van der Waals surface area contributed by atoms with Crippen molar-refractivity contribution in [1.29, 1.82) is 0 Å². The van der Waals surface area contributed by atoms with Crippen molar-refractivity contribution in [2.45, 2.75) is 26.7 Å². The molecule has 0 spiro atoms. The molecule has 3 heterocycles. The Morgan fingerprint density at radius 2 is 1.88 bits per heavy atom. The highest BCUT2D eigenvalue weighted by molar-refractivity contribution is 7.17. The Morgan fingerprint density at radius 1 is 1.15 bits per heavy atom. The first-order chi connectivity index (χ1) is 12.5. The van der Waals surface area contributed by atoms with E-state index in [0.29, 0.717) is 12.5 Å². The van der Waals surface area contributed by atoms with Crippen molar-refractivity contribution in [2.75, 3.05) is 6.54 Å². The van der Waals surface area contributed by atoms with Crippen molar-refractivity contribution in [2.24, 2.45) is 5.73 Å². The minimum Gasteiger partial charge on any atom is -0.330 e. The third kappa shape index (κ3) is 2.55. The lowest BCUT2D eigenvalue weighted by Crippen LogP contribution is -2.09. The Morgan fingerprint density at radius 3 is 2.58 bits per heavy atom. The number of aryl methyl sites for hydroxylation is 2. The van der Waals surface area contributed by atoms with Crippen LogP contribution < -0.4 is 11.3 Å². The topological polar surface area (TPSA) is 71.8 Å². The van der Waals surface area contributed by atoms with Crippen LogP contribution in [0, 0.1) is 13.8 Å². The zero-order valence-corrected chi connectivity index (χ0v) is 15.9. The molecule has 0 aliphatic rings. The van der Waals surface area contributed by atoms with Crippen LogP contribution in [0.2, 0.25) is 0 Å². The van der Waals surface area contributed by atoms with Crippen LogP contribution in [-0.4, -0.2) is 16.5 Å². The second kappa shape index (κ2) is 6.34. The highest BCUT2D eigenvalue weighted by atomic mass is 32.1. The van der Waals surface area contributed by atoms with Gasteiger partial charge in [-0.2, -0.15) is 0 Å². The summed E-state index contributed by atoms with van der Waals surface area (Å²) in [6, 6.07) is 10.6. The Labute approximate surface area is 155 Å². The zero-order chi connectivity index (χ0) is 18.4. The molecule has 0 saturated carbocycles. The lowest BCUT2D eigenvalue weighted by atomic mass is 9.94. The van der Waals surface area contributed by atoms with Crippen LogP contribution in [0.25, 0.3) is 32.1 Å². The number of rotatable bonds is 3. The van der Waals surface area contributed by atoms with Crippen molar-refractivity contribution in [3.05, 3.63) is 63.0 Å². The number of nitrogens with zero attached hydrogens (tertiary/aromatic N) is 1. The third-order valence-electron chi connectivity index (χ3n) is 5.06. The van der Waals surface area contributed by atoms with Gasteiger partial charge < -0.3 is 10.7 Å². The number of aromatic nitrogens is 2. The molecular weight excluding hydrogens is 342 g/mol. The van der Waals surface area contributed by atoms with Crippen LogP contribution in [0.4, 0.5) is 0 Å². The molecule has 0 aliphatic heterocycles. The number of fused-ring (bicyclic) bond motifs is 3. The van der Waals surface area contributed by atoms with E-state index in [2.05, 4.69) is 36.2 Å². The van der Waals surface area contributed by atoms with Gasteiger partial charge in [0.25, 0.3) is 5.56 Å². The van der Waals surface area contributed by atoms with E-state index in [4.69, 9.17) is 10.7 Å². The van der Waals surface area contributed by atoms with Crippen LogP contribution in [0.15, 0.2) is 40.5 Å². The van der Waals surface area contributed by atoms with E-state index in [1.807, 2.05) is 25.3 Å². The van der Waals surface area contributed by atoms with Gasteiger partial charge in [-0.25, -0.2) is 0 Å². The molecular formula is C21H21N3OS. The number of thiophene rings is 1. The maximum Gasteiger partial charge on any atom is 0.266 e. The van der Waals surface area contributed by atoms with E-state index in [9.17, 15) is 4.79 Å². The van der Waals surface area contributed by atoms with E-state index < -0.39 is 0 Å². The summed E-state index contributed by atoms with van der Waals surface area (Å²) in [7, 11) is 0. The average Bonchev–Trinajstić information content (AvgIpc) is 3.13. The number of pyridine rings is 2. The summed E-state index contributed by atoms with van der Waals surface area (Å²) in [4.78, 5) is 20.1. The second-order valence-electron chi connectivity index (χ2n) is 6.78. The smallest absolute Gasteiger partial charge is 0.266 e. The summed E-state index contributed by atoms with van der Waals surface area (Å²) in [5.74, 6) is 0.331. The molecule has 0 aliphatic carbocycles. The molecule has 4 nitrogen and oxygen atoms in total. The molecule has 5 heteroatoms. The van der Waals surface area contributed by atoms with Gasteiger partial charge in [-0.1, -0.05) is 31.2 Å². The molecule has 26 heavy (non-hydrogen) atoms. The summed E-state index contributed by atoms with van der Waals surface area (Å²) in [6.45, 7) is 6.73. The number of benzene rings is 1. The van der Waals surface area contributed by atoms with E-state index in [-0.39, 0.29) is 5.56 Å². The van der Waals surface area contributed by atoms with Gasteiger partial charge in [0, 0.05) is 22.0 Å². The number of nitrogens with two attached hydrogens (primary N) is 1. The lowest BCUT2D eigenvalue weighted by molar-refractivity contribution is 0.774. The highest BCUT2D eigenvalue weighted by Gasteiger charge is 2.17. The van der Waals surface area contributed by atoms with Crippen molar-refractivity contribution >= 4 is 32.3 Å². The maximum atomic E-state index is 12.4. The Kier molecular flexibility index (Phi) is 4.13. The molecule has 0 unspecified atom stereocenters. The van der Waals surface area contributed by atoms with Crippen molar-refractivity contribution < 1.29 is 0 Å². The van der Waals surface area contributed by atoms with Crippen molar-refractivity contribution in [1.82, 2.24) is 9.97 Å². The maximum absolute atomic E-state index is 12.4. The average molecular weight is 363 g/mol. The van der Waals surface area contributed by atoms with Gasteiger partial charge >= 0.3 is 0 Å². The lowest BCUT2D eigenvalue weighted by Gasteiger charge is -2.15. The van der Waals surface area contributed by atoms with Gasteiger partial charge in [0.2, 0.25) is 0 Å². The molecule has 4 rings (SSSR count). The zero-order valence-electron chi connectivity index (χ0n) is 15.1. The normalized spacial score (nSPS) is 12.8. The molecule has 0 bridgehead atoms. The summed E-state index contributed by atoms with van der Waals surface area (Å²) >= 11 is 1.48. The predicted molar refractivity (Wildman–Crippen MR) is 110 cm³/mol. The SMILES string of the molecule is Cc1nc(C)c2[nH]c(=O)c3sccc3c2c1-c1ccc([C@@H](C)CN)cc1. The second-order valence-corrected chi connectivity index (χ2v) is 7.70. The predicted octanol–water partition coefficient (Wildman–Crippen LogP) is 4.48. The van der Waals surface area contributed by atoms with Crippen LogP contribution in [-0.2, 0) is 0 Å². The minimum atomic E-state index is -0.0469. The fourth-order valence-electron chi connectivity index (χ4n) is 3.59. The number of nitrogens with one attached hydrogen (secondary N) is 1. The summed E-state index contributed by atoms with van der Waals surface area (Å²) in [6.07, 6.45) is 0. The minimum absolute atomic E-state index is 0.0469. The monoisotopic (exact) mass is 363 g/mol. The number of H-pyrrole nitrogens is 1. The van der Waals surface area contributed by atoms with Gasteiger partial charge in [-0.05, 0) is 48.9 Å². The number of hydrogen-bond donors (Lipinski definition) is 2. The van der Waals surface area contributed by atoms with E-state index in [1.165, 1.54) is 16.9 Å². The van der Waals surface area contributed by atoms with Crippen molar-refractivity contribution in [3.8, 4) is 11.1 Å². The van der Waals surface area contributed by atoms with Crippen LogP contribution in [0.3, 0.4) is 0 Å². The molecule has 0 saturated heterocycles. The molecule has 4 aromatic rings. The van der Waals surface area contributed by atoms with Gasteiger partial charge in [0.1, 0.15) is 4.70 Å². The van der Waals surface area contributed by atoms with Gasteiger partial charge in [0.05, 0.1) is 11.2 Å². The molecule has 1 aromatic carbocycles. The summed E-state index contributed by atoms with van der Waals surface area (Å²) in [5.41, 5.74) is 11.8. The van der Waals surface area contributed by atoms with Gasteiger partial charge in [0.15, 0.2) is 0 Å². The van der Waals surface area contributed by atoms with Crippen molar-refractivity contribution in [3.63, 3.8) is 0 Å². The first-order valence-electron chi connectivity index (χ1n) is 8.72. The standard InChI is InChI=1S/C21H21N3OS/c1-11(10-22)14-4-6-15(7-5-14)17-12(2)23-13(3)19-18(17)16-8-9-26-20(16)21(25)24-19/h4-9,11H,10,22H2,1-3H3,(H,24,25)/t11-/m0/s1. The fourth-order valence-corrected chi connectivity index (χ4v) is 4.39. The third-order valence-corrected chi connectivity index (χ3v) is 5.97. The molecule has 0 radical (unpaired) electrons. The van der Waals surface area contributed by atoms with Crippen LogP contribution in [0.1, 0.15) is 29.8 Å². The Hall–Kier alpha value is -2.50. The summed E-state index contributed by atoms with van der Waals surface area (Å²) in [5, 5.41) is 4.04. The van der Waals surface area contributed by atoms with Gasteiger partial charge in [-0.15, -0.1) is 11.3 Å². The molecule has 132 valence electrons. The Balaban J connectivity index is 2.06. The molecule has 0 amide bonds. The van der Waals surface area contributed by atoms with Gasteiger partial charge in [-0.3, -0.25) is 9.78 Å².